The summed E-state index contributed by atoms with van der Waals surface area (Å²) < 4.78 is 0. The molecule has 0 unspecified atom stereocenters. The van der Waals surface area contributed by atoms with Crippen molar-refractivity contribution in [3.05, 3.63) is 23.8 Å². The van der Waals surface area contributed by atoms with E-state index in [0.717, 1.165) is 17.7 Å². The summed E-state index contributed by atoms with van der Waals surface area (Å²) >= 11 is 1.37. The Labute approximate surface area is 104 Å². The Bertz CT molecular complexity index is 477. The van der Waals surface area contributed by atoms with Crippen LogP contribution in [0, 0.1) is 11.3 Å². The number of para-hydroxylation sites is 1. The number of nitriles is 1. The molecule has 1 aromatic rings. The lowest BCUT2D eigenvalue weighted by atomic mass is 10.2. The van der Waals surface area contributed by atoms with Gasteiger partial charge >= 0.3 is 0 Å². The van der Waals surface area contributed by atoms with Gasteiger partial charge in [0.05, 0.1) is 17.0 Å². The number of nitrogens with two attached hydrogens (primary N) is 1. The van der Waals surface area contributed by atoms with Crippen LogP contribution in [0.2, 0.25) is 0 Å². The van der Waals surface area contributed by atoms with E-state index in [0.29, 0.717) is 23.0 Å². The Kier molecular flexibility index (Phi) is 3.55. The van der Waals surface area contributed by atoms with Crippen LogP contribution in [0.25, 0.3) is 0 Å². The Hall–Kier alpha value is -1.67. The van der Waals surface area contributed by atoms with Crippen molar-refractivity contribution < 1.29 is 4.79 Å². The maximum atomic E-state index is 11.5. The fourth-order valence-corrected chi connectivity index (χ4v) is 2.22. The quantitative estimate of drug-likeness (QED) is 0.624. The lowest BCUT2D eigenvalue weighted by molar-refractivity contribution is -0.118. The summed E-state index contributed by atoms with van der Waals surface area (Å²) in [5.41, 5.74) is 6.73. The first-order chi connectivity index (χ1) is 8.20. The first-order valence-corrected chi connectivity index (χ1v) is 6.40. The zero-order chi connectivity index (χ0) is 12.3. The van der Waals surface area contributed by atoms with Crippen molar-refractivity contribution in [2.24, 2.45) is 0 Å². The highest BCUT2D eigenvalue weighted by molar-refractivity contribution is 8.00. The van der Waals surface area contributed by atoms with E-state index in [1.165, 1.54) is 11.8 Å². The number of benzene rings is 1. The van der Waals surface area contributed by atoms with Crippen LogP contribution in [0.5, 0.6) is 0 Å². The third-order valence-electron chi connectivity index (χ3n) is 2.49. The van der Waals surface area contributed by atoms with E-state index in [9.17, 15) is 4.79 Å². The zero-order valence-corrected chi connectivity index (χ0v) is 10.1. The molecule has 1 amide bonds. The van der Waals surface area contributed by atoms with Crippen molar-refractivity contribution in [2.75, 3.05) is 11.5 Å². The number of nitrogens with zero attached hydrogens (tertiary/aromatic N) is 1. The normalized spacial score (nSPS) is 14.1. The van der Waals surface area contributed by atoms with Gasteiger partial charge < -0.3 is 11.1 Å². The van der Waals surface area contributed by atoms with Gasteiger partial charge in [0.25, 0.3) is 0 Å². The first kappa shape index (κ1) is 11.8. The molecule has 5 heteroatoms. The fourth-order valence-electron chi connectivity index (χ4n) is 1.41. The lowest BCUT2D eigenvalue weighted by Crippen LogP contribution is -2.27. The number of rotatable bonds is 4. The average Bonchev–Trinajstić information content (AvgIpc) is 3.11. The van der Waals surface area contributed by atoms with Gasteiger partial charge in [-0.1, -0.05) is 6.07 Å². The molecule has 0 aromatic heterocycles. The maximum absolute atomic E-state index is 11.5. The summed E-state index contributed by atoms with van der Waals surface area (Å²) in [4.78, 5) is 12.3. The van der Waals surface area contributed by atoms with Gasteiger partial charge in [-0.2, -0.15) is 5.26 Å². The summed E-state index contributed by atoms with van der Waals surface area (Å²) in [6.45, 7) is 0. The standard InChI is InChI=1S/C12H13N3OS/c13-6-8-2-1-3-10(12(8)14)17-7-11(16)15-9-4-5-9/h1-3,9H,4-5,7,14H2,(H,15,16). The largest absolute Gasteiger partial charge is 0.397 e. The van der Waals surface area contributed by atoms with E-state index in [4.69, 9.17) is 11.0 Å². The fraction of sp³-hybridized carbons (Fsp3) is 0.333. The Morgan fingerprint density at radius 1 is 1.59 bits per heavy atom. The maximum Gasteiger partial charge on any atom is 0.230 e. The van der Waals surface area contributed by atoms with Gasteiger partial charge in [-0.15, -0.1) is 11.8 Å². The number of hydrogen-bond donors (Lipinski definition) is 2. The number of nitrogens with one attached hydrogen (secondary N) is 1. The van der Waals surface area contributed by atoms with Gasteiger partial charge in [0.1, 0.15) is 6.07 Å². The molecule has 17 heavy (non-hydrogen) atoms. The molecule has 0 bridgehead atoms. The molecule has 1 aliphatic rings. The van der Waals surface area contributed by atoms with Gasteiger partial charge in [-0.3, -0.25) is 4.79 Å². The van der Waals surface area contributed by atoms with E-state index >= 15 is 0 Å². The first-order valence-electron chi connectivity index (χ1n) is 5.41. The Morgan fingerprint density at radius 3 is 3.00 bits per heavy atom. The summed E-state index contributed by atoms with van der Waals surface area (Å²) in [7, 11) is 0. The van der Waals surface area contributed by atoms with Gasteiger partial charge in [0.2, 0.25) is 5.91 Å². The number of nitrogen functional groups attached to an aromatic ring is 1. The third kappa shape index (κ3) is 3.14. The molecule has 2 rings (SSSR count). The molecular weight excluding hydrogens is 234 g/mol. The minimum Gasteiger partial charge on any atom is -0.397 e. The number of anilines is 1. The number of amides is 1. The molecule has 88 valence electrons. The number of hydrogen-bond acceptors (Lipinski definition) is 4. The molecule has 3 N–H and O–H groups in total. The predicted molar refractivity (Wildman–Crippen MR) is 67.5 cm³/mol. The smallest absolute Gasteiger partial charge is 0.230 e. The Morgan fingerprint density at radius 2 is 2.35 bits per heavy atom. The van der Waals surface area contributed by atoms with Crippen molar-refractivity contribution in [3.8, 4) is 6.07 Å². The van der Waals surface area contributed by atoms with Crippen LogP contribution < -0.4 is 11.1 Å². The molecule has 1 fully saturated rings. The van der Waals surface area contributed by atoms with E-state index in [-0.39, 0.29) is 5.91 Å². The molecule has 0 atom stereocenters. The second-order valence-electron chi connectivity index (χ2n) is 3.96. The summed E-state index contributed by atoms with van der Waals surface area (Å²) in [6, 6.07) is 7.68. The summed E-state index contributed by atoms with van der Waals surface area (Å²) in [5, 5.41) is 11.7. The predicted octanol–water partition coefficient (Wildman–Crippen LogP) is 1.51. The molecule has 0 aliphatic heterocycles. The van der Waals surface area contributed by atoms with Crippen LogP contribution in [0.15, 0.2) is 23.1 Å². The minimum absolute atomic E-state index is 0.0271. The molecule has 1 aromatic carbocycles. The van der Waals surface area contributed by atoms with Crippen LogP contribution >= 0.6 is 11.8 Å². The van der Waals surface area contributed by atoms with Crippen molar-refractivity contribution in [2.45, 2.75) is 23.8 Å². The SMILES string of the molecule is N#Cc1cccc(SCC(=O)NC2CC2)c1N. The monoisotopic (exact) mass is 247 g/mol. The zero-order valence-electron chi connectivity index (χ0n) is 9.27. The van der Waals surface area contributed by atoms with E-state index in [2.05, 4.69) is 5.32 Å². The van der Waals surface area contributed by atoms with Gasteiger partial charge in [-0.25, -0.2) is 0 Å². The Balaban J connectivity index is 1.94. The molecule has 1 saturated carbocycles. The average molecular weight is 247 g/mol. The van der Waals surface area contributed by atoms with Crippen molar-refractivity contribution in [1.82, 2.24) is 5.32 Å². The van der Waals surface area contributed by atoms with Crippen LogP contribution in [-0.2, 0) is 4.79 Å². The highest BCUT2D eigenvalue weighted by Gasteiger charge is 2.23. The number of carbonyl (C=O) groups is 1. The third-order valence-corrected chi connectivity index (χ3v) is 3.56. The number of carbonyl (C=O) groups excluding carboxylic acids is 1. The number of thioether (sulfide) groups is 1. The van der Waals surface area contributed by atoms with E-state index in [1.807, 2.05) is 12.1 Å². The van der Waals surface area contributed by atoms with Crippen LogP contribution in [0.3, 0.4) is 0 Å². The van der Waals surface area contributed by atoms with Crippen LogP contribution in [-0.4, -0.2) is 17.7 Å². The van der Waals surface area contributed by atoms with Crippen molar-refractivity contribution in [1.29, 1.82) is 5.26 Å². The van der Waals surface area contributed by atoms with Gasteiger partial charge in [0, 0.05) is 10.9 Å². The molecule has 0 spiro atoms. The van der Waals surface area contributed by atoms with Crippen molar-refractivity contribution in [3.63, 3.8) is 0 Å². The molecule has 1 aliphatic carbocycles. The molecule has 0 heterocycles. The lowest BCUT2D eigenvalue weighted by Gasteiger charge is -2.06. The second kappa shape index (κ2) is 5.11. The van der Waals surface area contributed by atoms with E-state index in [1.54, 1.807) is 12.1 Å². The van der Waals surface area contributed by atoms with Gasteiger partial charge in [0.15, 0.2) is 0 Å². The summed E-state index contributed by atoms with van der Waals surface area (Å²) in [5.74, 6) is 0.370. The van der Waals surface area contributed by atoms with Crippen LogP contribution in [0.4, 0.5) is 5.69 Å². The second-order valence-corrected chi connectivity index (χ2v) is 4.98. The highest BCUT2D eigenvalue weighted by Crippen LogP contribution is 2.27. The molecular formula is C12H13N3OS. The topological polar surface area (TPSA) is 78.9 Å². The molecule has 0 saturated heterocycles. The minimum atomic E-state index is 0.0271. The molecule has 4 nitrogen and oxygen atoms in total. The highest BCUT2D eigenvalue weighted by atomic mass is 32.2. The van der Waals surface area contributed by atoms with Gasteiger partial charge in [-0.05, 0) is 25.0 Å². The van der Waals surface area contributed by atoms with Crippen LogP contribution in [0.1, 0.15) is 18.4 Å². The van der Waals surface area contributed by atoms with E-state index < -0.39 is 0 Å². The molecule has 0 radical (unpaired) electrons. The summed E-state index contributed by atoms with van der Waals surface area (Å²) in [6.07, 6.45) is 2.17. The van der Waals surface area contributed by atoms with Crippen molar-refractivity contribution >= 4 is 23.4 Å².